The number of carboxylic acids is 1. The SMILES string of the molecule is COc1ccc([C@H]2Cc3ccccc3C23CCC(Nc2cccc(Cl)c2)(C(=O)O)CC3)c(C)c1. The molecule has 2 N–H and O–H groups in total. The van der Waals surface area contributed by atoms with Gasteiger partial charge in [0, 0.05) is 16.1 Å². The van der Waals surface area contributed by atoms with Crippen molar-refractivity contribution < 1.29 is 14.6 Å². The van der Waals surface area contributed by atoms with Crippen molar-refractivity contribution in [2.45, 2.75) is 55.9 Å². The van der Waals surface area contributed by atoms with Gasteiger partial charge < -0.3 is 15.2 Å². The summed E-state index contributed by atoms with van der Waals surface area (Å²) >= 11 is 6.17. The molecule has 0 saturated heterocycles. The maximum absolute atomic E-state index is 12.6. The van der Waals surface area contributed by atoms with Crippen LogP contribution in [0.3, 0.4) is 0 Å². The molecule has 0 heterocycles. The summed E-state index contributed by atoms with van der Waals surface area (Å²) in [6, 6.07) is 22.4. The van der Waals surface area contributed by atoms with Gasteiger partial charge >= 0.3 is 5.97 Å². The maximum atomic E-state index is 12.6. The molecule has 0 bridgehead atoms. The van der Waals surface area contributed by atoms with Crippen LogP contribution in [0.5, 0.6) is 5.75 Å². The Balaban J connectivity index is 1.51. The quantitative estimate of drug-likeness (QED) is 0.428. The van der Waals surface area contributed by atoms with Gasteiger partial charge in [-0.05, 0) is 97.5 Å². The summed E-state index contributed by atoms with van der Waals surface area (Å²) in [6.07, 6.45) is 3.69. The highest BCUT2D eigenvalue weighted by Gasteiger charge is 2.54. The van der Waals surface area contributed by atoms with Gasteiger partial charge in [0.25, 0.3) is 0 Å². The van der Waals surface area contributed by atoms with Gasteiger partial charge in [0.15, 0.2) is 0 Å². The summed E-state index contributed by atoms with van der Waals surface area (Å²) in [5, 5.41) is 14.3. The molecule has 3 aromatic rings. The molecule has 5 heteroatoms. The zero-order valence-electron chi connectivity index (χ0n) is 19.6. The minimum Gasteiger partial charge on any atom is -0.497 e. The molecule has 1 spiro atoms. The number of hydrogen-bond donors (Lipinski definition) is 2. The molecule has 0 aromatic heterocycles. The van der Waals surface area contributed by atoms with Gasteiger partial charge in [-0.1, -0.05) is 48.0 Å². The first-order chi connectivity index (χ1) is 16.4. The van der Waals surface area contributed by atoms with E-state index < -0.39 is 11.5 Å². The molecule has 2 aliphatic rings. The first kappa shape index (κ1) is 22.8. The highest BCUT2D eigenvalue weighted by atomic mass is 35.5. The predicted octanol–water partition coefficient (Wildman–Crippen LogP) is 6.74. The molecule has 2 aliphatic carbocycles. The third kappa shape index (κ3) is 3.74. The van der Waals surface area contributed by atoms with Crippen LogP contribution in [0.4, 0.5) is 5.69 Å². The van der Waals surface area contributed by atoms with Gasteiger partial charge in [0.2, 0.25) is 0 Å². The standard InChI is InChI=1S/C29H30ClNO3/c1-19-16-23(34-2)10-11-24(19)26-17-20-6-3-4-9-25(20)28(26)12-14-29(15-13-28,27(32)33)31-22-8-5-7-21(30)18-22/h3-11,16,18,26,31H,12-15,17H2,1-2H3,(H,32,33)/t26-,28?,29?/m1/s1. The molecule has 0 amide bonds. The fourth-order valence-corrected chi connectivity index (χ4v) is 6.53. The van der Waals surface area contributed by atoms with Gasteiger partial charge in [-0.3, -0.25) is 0 Å². The molecule has 4 nitrogen and oxygen atoms in total. The lowest BCUT2D eigenvalue weighted by Crippen LogP contribution is -2.52. The second kappa shape index (κ2) is 8.66. The fourth-order valence-electron chi connectivity index (χ4n) is 6.34. The summed E-state index contributed by atoms with van der Waals surface area (Å²) < 4.78 is 5.45. The maximum Gasteiger partial charge on any atom is 0.329 e. The number of benzene rings is 3. The van der Waals surface area contributed by atoms with E-state index in [-0.39, 0.29) is 5.41 Å². The topological polar surface area (TPSA) is 58.6 Å². The lowest BCUT2D eigenvalue weighted by molar-refractivity contribution is -0.144. The monoisotopic (exact) mass is 475 g/mol. The fraction of sp³-hybridized carbons (Fsp3) is 0.345. The van der Waals surface area contributed by atoms with E-state index in [0.717, 1.165) is 30.7 Å². The molecule has 1 fully saturated rings. The van der Waals surface area contributed by atoms with Gasteiger partial charge in [0.1, 0.15) is 11.3 Å². The van der Waals surface area contributed by atoms with Crippen molar-refractivity contribution in [1.82, 2.24) is 0 Å². The smallest absolute Gasteiger partial charge is 0.329 e. The Morgan fingerprint density at radius 2 is 1.79 bits per heavy atom. The average molecular weight is 476 g/mol. The lowest BCUT2D eigenvalue weighted by Gasteiger charge is -2.47. The molecule has 0 radical (unpaired) electrons. The van der Waals surface area contributed by atoms with E-state index in [1.54, 1.807) is 19.2 Å². The van der Waals surface area contributed by atoms with Crippen LogP contribution in [-0.4, -0.2) is 23.7 Å². The number of hydrogen-bond acceptors (Lipinski definition) is 3. The number of carboxylic acid groups (broad SMARTS) is 1. The molecule has 34 heavy (non-hydrogen) atoms. The van der Waals surface area contributed by atoms with Crippen molar-refractivity contribution in [3.05, 3.63) is 94.0 Å². The lowest BCUT2D eigenvalue weighted by atomic mass is 9.59. The Hall–Kier alpha value is -2.98. The van der Waals surface area contributed by atoms with Crippen LogP contribution in [0.25, 0.3) is 0 Å². The number of anilines is 1. The molecule has 1 atom stereocenters. The molecular weight excluding hydrogens is 446 g/mol. The zero-order valence-corrected chi connectivity index (χ0v) is 20.4. The number of aliphatic carboxylic acids is 1. The Bertz CT molecular complexity index is 1230. The predicted molar refractivity (Wildman–Crippen MR) is 136 cm³/mol. The molecule has 176 valence electrons. The van der Waals surface area contributed by atoms with E-state index in [9.17, 15) is 9.90 Å². The van der Waals surface area contributed by atoms with Gasteiger partial charge in [-0.25, -0.2) is 4.79 Å². The molecule has 0 aliphatic heterocycles. The zero-order chi connectivity index (χ0) is 23.9. The van der Waals surface area contributed by atoms with E-state index in [2.05, 4.69) is 48.6 Å². The Morgan fingerprint density at radius 1 is 1.03 bits per heavy atom. The largest absolute Gasteiger partial charge is 0.497 e. The first-order valence-corrected chi connectivity index (χ1v) is 12.2. The van der Waals surface area contributed by atoms with E-state index in [0.29, 0.717) is 23.8 Å². The molecular formula is C29H30ClNO3. The van der Waals surface area contributed by atoms with Crippen LogP contribution in [0.1, 0.15) is 53.9 Å². The van der Waals surface area contributed by atoms with Crippen LogP contribution in [0, 0.1) is 6.92 Å². The van der Waals surface area contributed by atoms with Crippen molar-refractivity contribution in [3.8, 4) is 5.75 Å². The summed E-state index contributed by atoms with van der Waals surface area (Å²) in [5.41, 5.74) is 4.99. The average Bonchev–Trinajstić information content (AvgIpc) is 3.14. The molecule has 5 rings (SSSR count). The third-order valence-electron chi connectivity index (χ3n) is 8.11. The number of halogens is 1. The van der Waals surface area contributed by atoms with Crippen LogP contribution in [0.15, 0.2) is 66.7 Å². The van der Waals surface area contributed by atoms with Gasteiger partial charge in [0.05, 0.1) is 7.11 Å². The number of fused-ring (bicyclic) bond motifs is 2. The highest BCUT2D eigenvalue weighted by molar-refractivity contribution is 6.30. The molecule has 3 aromatic carbocycles. The number of nitrogens with one attached hydrogen (secondary N) is 1. The summed E-state index contributed by atoms with van der Waals surface area (Å²) in [4.78, 5) is 12.6. The van der Waals surface area contributed by atoms with Crippen LogP contribution in [-0.2, 0) is 16.6 Å². The summed E-state index contributed by atoms with van der Waals surface area (Å²) in [7, 11) is 1.70. The minimum atomic E-state index is -1.01. The number of carbonyl (C=O) groups is 1. The second-order valence-corrected chi connectivity index (χ2v) is 10.3. The van der Waals surface area contributed by atoms with Crippen LogP contribution in [0.2, 0.25) is 5.02 Å². The van der Waals surface area contributed by atoms with Crippen molar-refractivity contribution in [3.63, 3.8) is 0 Å². The Morgan fingerprint density at radius 3 is 2.47 bits per heavy atom. The van der Waals surface area contributed by atoms with Crippen molar-refractivity contribution in [2.75, 3.05) is 12.4 Å². The summed E-state index contributed by atoms with van der Waals surface area (Å²) in [5.74, 6) is 0.379. The van der Waals surface area contributed by atoms with E-state index >= 15 is 0 Å². The normalized spacial score (nSPS) is 25.7. The Kier molecular flexibility index (Phi) is 5.81. The number of aryl methyl sites for hydroxylation is 1. The van der Waals surface area contributed by atoms with Crippen molar-refractivity contribution >= 4 is 23.3 Å². The minimum absolute atomic E-state index is 0.0785. The Labute approximate surface area is 205 Å². The molecule has 1 saturated carbocycles. The highest BCUT2D eigenvalue weighted by Crippen LogP contribution is 2.58. The van der Waals surface area contributed by atoms with E-state index in [1.807, 2.05) is 18.2 Å². The van der Waals surface area contributed by atoms with E-state index in [1.165, 1.54) is 22.3 Å². The summed E-state index contributed by atoms with van der Waals surface area (Å²) in [6.45, 7) is 2.15. The first-order valence-electron chi connectivity index (χ1n) is 11.9. The number of ether oxygens (including phenoxy) is 1. The van der Waals surface area contributed by atoms with E-state index in [4.69, 9.17) is 16.3 Å². The van der Waals surface area contributed by atoms with Crippen molar-refractivity contribution in [2.24, 2.45) is 0 Å². The number of methoxy groups -OCH3 is 1. The van der Waals surface area contributed by atoms with Crippen molar-refractivity contribution in [1.29, 1.82) is 0 Å². The van der Waals surface area contributed by atoms with Crippen LogP contribution < -0.4 is 10.1 Å². The van der Waals surface area contributed by atoms with Gasteiger partial charge in [-0.2, -0.15) is 0 Å². The second-order valence-electron chi connectivity index (χ2n) is 9.82. The number of rotatable bonds is 5. The molecule has 0 unspecified atom stereocenters. The van der Waals surface area contributed by atoms with Gasteiger partial charge in [-0.15, -0.1) is 0 Å². The third-order valence-corrected chi connectivity index (χ3v) is 8.35. The van der Waals surface area contributed by atoms with Crippen LogP contribution >= 0.6 is 11.6 Å².